The van der Waals surface area contributed by atoms with Gasteiger partial charge in [0.1, 0.15) is 11.5 Å². The first-order chi connectivity index (χ1) is 12.1. The molecule has 1 saturated heterocycles. The molecule has 4 heterocycles. The lowest BCUT2D eigenvalue weighted by atomic mass is 10.0. The molecule has 1 aliphatic heterocycles. The van der Waals surface area contributed by atoms with E-state index in [-0.39, 0.29) is 11.9 Å². The lowest BCUT2D eigenvalue weighted by Gasteiger charge is -2.23. The summed E-state index contributed by atoms with van der Waals surface area (Å²) in [6.45, 7) is 5.08. The average molecular weight is 340 g/mol. The lowest BCUT2D eigenvalue weighted by Crippen LogP contribution is -2.30. The Balaban J connectivity index is 1.55. The number of imidazole rings is 1. The molecule has 0 unspecified atom stereocenters. The van der Waals surface area contributed by atoms with Crippen molar-refractivity contribution in [2.75, 3.05) is 6.54 Å². The number of furan rings is 1. The fourth-order valence-corrected chi connectivity index (χ4v) is 3.56. The van der Waals surface area contributed by atoms with Crippen molar-refractivity contribution in [3.63, 3.8) is 0 Å². The Bertz CT molecular complexity index is 859. The van der Waals surface area contributed by atoms with Crippen LogP contribution in [0.5, 0.6) is 0 Å². The van der Waals surface area contributed by atoms with Crippen molar-refractivity contribution in [1.82, 2.24) is 19.6 Å². The first-order valence-corrected chi connectivity index (χ1v) is 8.41. The average Bonchev–Trinajstić information content (AvgIpc) is 3.36. The molecule has 0 spiro atoms. The molecule has 7 heteroatoms. The van der Waals surface area contributed by atoms with Crippen LogP contribution in [0.2, 0.25) is 0 Å². The third-order valence-corrected chi connectivity index (χ3v) is 4.71. The molecule has 0 radical (unpaired) electrons. The van der Waals surface area contributed by atoms with Gasteiger partial charge < -0.3 is 18.4 Å². The summed E-state index contributed by atoms with van der Waals surface area (Å²) in [5.41, 5.74) is 1.87. The first kappa shape index (κ1) is 15.7. The molecule has 3 aromatic rings. The third-order valence-electron chi connectivity index (χ3n) is 4.71. The smallest absolute Gasteiger partial charge is 0.290 e. The van der Waals surface area contributed by atoms with Gasteiger partial charge in [0.25, 0.3) is 5.91 Å². The van der Waals surface area contributed by atoms with Gasteiger partial charge in [0.05, 0.1) is 24.6 Å². The van der Waals surface area contributed by atoms with E-state index in [0.29, 0.717) is 18.8 Å². The van der Waals surface area contributed by atoms with Gasteiger partial charge in [0.15, 0.2) is 5.76 Å². The van der Waals surface area contributed by atoms with Crippen LogP contribution in [0.15, 0.2) is 39.8 Å². The molecule has 1 fully saturated rings. The molecule has 7 nitrogen and oxygen atoms in total. The predicted molar refractivity (Wildman–Crippen MR) is 89.0 cm³/mol. The Hall–Kier alpha value is -2.83. The fourth-order valence-electron chi connectivity index (χ4n) is 3.56. The van der Waals surface area contributed by atoms with Crippen LogP contribution in [0, 0.1) is 13.8 Å². The number of likely N-dealkylation sites (tertiary alicyclic amines) is 1. The van der Waals surface area contributed by atoms with Gasteiger partial charge in [-0.05, 0) is 38.8 Å². The number of rotatable bonds is 4. The van der Waals surface area contributed by atoms with E-state index in [2.05, 4.69) is 10.1 Å². The zero-order valence-electron chi connectivity index (χ0n) is 14.3. The zero-order chi connectivity index (χ0) is 17.4. The highest BCUT2D eigenvalue weighted by molar-refractivity contribution is 5.92. The van der Waals surface area contributed by atoms with Crippen LogP contribution in [0.25, 0.3) is 0 Å². The molecule has 0 saturated carbocycles. The van der Waals surface area contributed by atoms with E-state index in [9.17, 15) is 4.79 Å². The molecule has 0 N–H and O–H groups in total. The topological polar surface area (TPSA) is 77.3 Å². The molecule has 25 heavy (non-hydrogen) atoms. The normalized spacial score (nSPS) is 17.4. The van der Waals surface area contributed by atoms with Crippen LogP contribution in [0.3, 0.4) is 0 Å². The largest absolute Gasteiger partial charge is 0.454 e. The maximum absolute atomic E-state index is 13.0. The van der Waals surface area contributed by atoms with Crippen LogP contribution in [-0.2, 0) is 6.54 Å². The first-order valence-electron chi connectivity index (χ1n) is 8.41. The summed E-state index contributed by atoms with van der Waals surface area (Å²) >= 11 is 0. The minimum atomic E-state index is -0.0839. The zero-order valence-corrected chi connectivity index (χ0v) is 14.3. The van der Waals surface area contributed by atoms with Gasteiger partial charge >= 0.3 is 0 Å². The van der Waals surface area contributed by atoms with Crippen molar-refractivity contribution in [2.24, 2.45) is 0 Å². The summed E-state index contributed by atoms with van der Waals surface area (Å²) in [6, 6.07) is 3.59. The maximum atomic E-state index is 13.0. The van der Waals surface area contributed by atoms with Crippen molar-refractivity contribution in [3.05, 3.63) is 59.4 Å². The molecular formula is C18H20N4O3. The fraction of sp³-hybridized carbons (Fsp3) is 0.389. The summed E-state index contributed by atoms with van der Waals surface area (Å²) in [5.74, 6) is 1.80. The Labute approximate surface area is 145 Å². The van der Waals surface area contributed by atoms with Gasteiger partial charge in [-0.25, -0.2) is 4.98 Å². The lowest BCUT2D eigenvalue weighted by molar-refractivity contribution is 0.0700. The minimum Gasteiger partial charge on any atom is -0.454 e. The second-order valence-electron chi connectivity index (χ2n) is 6.40. The summed E-state index contributed by atoms with van der Waals surface area (Å²) in [5, 5.41) is 4.03. The Kier molecular flexibility index (Phi) is 3.91. The van der Waals surface area contributed by atoms with Gasteiger partial charge in [-0.15, -0.1) is 0 Å². The number of aryl methyl sites for hydroxylation is 2. The second-order valence-corrected chi connectivity index (χ2v) is 6.40. The van der Waals surface area contributed by atoms with Crippen molar-refractivity contribution in [2.45, 2.75) is 39.3 Å². The van der Waals surface area contributed by atoms with Crippen molar-refractivity contribution in [1.29, 1.82) is 0 Å². The number of amides is 1. The molecule has 1 amide bonds. The highest BCUT2D eigenvalue weighted by Crippen LogP contribution is 2.36. The number of aromatic nitrogens is 3. The second kappa shape index (κ2) is 6.23. The molecule has 0 bridgehead atoms. The summed E-state index contributed by atoms with van der Waals surface area (Å²) in [7, 11) is 0. The van der Waals surface area contributed by atoms with E-state index < -0.39 is 0 Å². The van der Waals surface area contributed by atoms with Crippen molar-refractivity contribution in [3.8, 4) is 0 Å². The van der Waals surface area contributed by atoms with Gasteiger partial charge in [0.2, 0.25) is 0 Å². The molecule has 0 aromatic carbocycles. The molecule has 130 valence electrons. The molecule has 4 rings (SSSR count). The van der Waals surface area contributed by atoms with E-state index in [4.69, 9.17) is 8.94 Å². The maximum Gasteiger partial charge on any atom is 0.290 e. The van der Waals surface area contributed by atoms with Gasteiger partial charge in [-0.3, -0.25) is 4.79 Å². The van der Waals surface area contributed by atoms with Gasteiger partial charge in [-0.2, -0.15) is 0 Å². The molecule has 3 aromatic heterocycles. The number of carbonyl (C=O) groups is 1. The molecular weight excluding hydrogens is 320 g/mol. The van der Waals surface area contributed by atoms with Crippen LogP contribution < -0.4 is 0 Å². The Morgan fingerprint density at radius 1 is 1.36 bits per heavy atom. The highest BCUT2D eigenvalue weighted by Gasteiger charge is 2.35. The summed E-state index contributed by atoms with van der Waals surface area (Å²) in [4.78, 5) is 18.8. The van der Waals surface area contributed by atoms with E-state index >= 15 is 0 Å². The van der Waals surface area contributed by atoms with E-state index in [0.717, 1.165) is 35.6 Å². The third kappa shape index (κ3) is 2.86. The van der Waals surface area contributed by atoms with E-state index in [1.165, 1.54) is 0 Å². The monoisotopic (exact) mass is 340 g/mol. The standard InChI is InChI=1S/C18H20N4O3/c1-12-17(13(2)25-20-12)15-4-3-8-22(15)18(23)16-6-5-14(24-16)10-21-9-7-19-11-21/h5-7,9,11,15H,3-4,8,10H2,1-2H3/t15-/m0/s1. The van der Waals surface area contributed by atoms with Crippen LogP contribution in [0.1, 0.15) is 52.2 Å². The van der Waals surface area contributed by atoms with Gasteiger partial charge in [-0.1, -0.05) is 5.16 Å². The van der Waals surface area contributed by atoms with Crippen LogP contribution in [-0.4, -0.2) is 32.1 Å². The number of hydrogen-bond donors (Lipinski definition) is 0. The Morgan fingerprint density at radius 2 is 2.24 bits per heavy atom. The predicted octanol–water partition coefficient (Wildman–Crippen LogP) is 3.11. The van der Waals surface area contributed by atoms with E-state index in [1.54, 1.807) is 18.6 Å². The van der Waals surface area contributed by atoms with E-state index in [1.807, 2.05) is 35.6 Å². The number of nitrogens with zero attached hydrogens (tertiary/aromatic N) is 4. The molecule has 1 aliphatic rings. The number of hydrogen-bond acceptors (Lipinski definition) is 5. The van der Waals surface area contributed by atoms with Crippen LogP contribution >= 0.6 is 0 Å². The Morgan fingerprint density at radius 3 is 2.96 bits per heavy atom. The van der Waals surface area contributed by atoms with Crippen molar-refractivity contribution >= 4 is 5.91 Å². The highest BCUT2D eigenvalue weighted by atomic mass is 16.5. The van der Waals surface area contributed by atoms with Crippen molar-refractivity contribution < 1.29 is 13.7 Å². The summed E-state index contributed by atoms with van der Waals surface area (Å²) < 4.78 is 13.0. The molecule has 1 atom stereocenters. The minimum absolute atomic E-state index is 0.000878. The molecule has 0 aliphatic carbocycles. The quantitative estimate of drug-likeness (QED) is 0.729. The summed E-state index contributed by atoms with van der Waals surface area (Å²) in [6.07, 6.45) is 7.17. The van der Waals surface area contributed by atoms with Gasteiger partial charge in [0, 0.05) is 24.5 Å². The SMILES string of the molecule is Cc1noc(C)c1[C@@H]1CCCN1C(=O)c1ccc(Cn2ccnc2)o1. The number of carbonyl (C=O) groups excluding carboxylic acids is 1. The van der Waals surface area contributed by atoms with Crippen LogP contribution in [0.4, 0.5) is 0 Å².